The van der Waals surface area contributed by atoms with E-state index in [0.29, 0.717) is 38.4 Å². The lowest BCUT2D eigenvalue weighted by atomic mass is 10.1. The van der Waals surface area contributed by atoms with Crippen LogP contribution in [0.15, 0.2) is 33.3 Å². The maximum absolute atomic E-state index is 12.5. The molecule has 6 nitrogen and oxygen atoms in total. The van der Waals surface area contributed by atoms with Gasteiger partial charge in [-0.25, -0.2) is 8.42 Å². The molecule has 1 aromatic rings. The van der Waals surface area contributed by atoms with Crippen LogP contribution in [0.1, 0.15) is 19.1 Å². The number of furan rings is 1. The summed E-state index contributed by atoms with van der Waals surface area (Å²) in [5.74, 6) is 0.628. The van der Waals surface area contributed by atoms with E-state index in [2.05, 4.69) is 5.32 Å². The maximum Gasteiger partial charge on any atom is 0.276 e. The monoisotopic (exact) mass is 314 g/mol. The molecule has 118 valence electrons. The van der Waals surface area contributed by atoms with E-state index in [1.807, 2.05) is 13.0 Å². The molecular formula is C14H22N2O4S. The molecule has 7 heteroatoms. The molecule has 2 rings (SSSR count). The Kier molecular flexibility index (Phi) is 5.58. The Morgan fingerprint density at radius 1 is 1.43 bits per heavy atom. The normalized spacial score (nSPS) is 17.0. The van der Waals surface area contributed by atoms with Crippen LogP contribution in [-0.2, 0) is 21.3 Å². The summed E-state index contributed by atoms with van der Waals surface area (Å²) in [4.78, 5) is 0. The van der Waals surface area contributed by atoms with Gasteiger partial charge in [0.15, 0.2) is 0 Å². The maximum atomic E-state index is 12.5. The van der Waals surface area contributed by atoms with Crippen molar-refractivity contribution in [1.82, 2.24) is 9.62 Å². The van der Waals surface area contributed by atoms with E-state index in [1.165, 1.54) is 10.4 Å². The highest BCUT2D eigenvalue weighted by Crippen LogP contribution is 2.22. The number of hydrogen-bond donors (Lipinski definition) is 1. The molecule has 0 radical (unpaired) electrons. The van der Waals surface area contributed by atoms with E-state index >= 15 is 0 Å². The first kappa shape index (κ1) is 16.2. The standard InChI is InChI=1S/C14H22N2O4S/c1-3-15-10-13-4-5-14(20-13)21(17,18)16-8-6-12(7-9-16)11-19-2/h4-6,15H,3,7-11H2,1-2H3. The zero-order valence-corrected chi connectivity index (χ0v) is 13.3. The largest absolute Gasteiger partial charge is 0.447 e. The Morgan fingerprint density at radius 2 is 2.24 bits per heavy atom. The molecule has 1 N–H and O–H groups in total. The van der Waals surface area contributed by atoms with Gasteiger partial charge in [-0.3, -0.25) is 0 Å². The fraction of sp³-hybridized carbons (Fsp3) is 0.571. The first-order valence-corrected chi connectivity index (χ1v) is 8.48. The lowest BCUT2D eigenvalue weighted by molar-refractivity contribution is 0.219. The topological polar surface area (TPSA) is 71.8 Å². The van der Waals surface area contributed by atoms with Gasteiger partial charge >= 0.3 is 0 Å². The van der Waals surface area contributed by atoms with E-state index in [9.17, 15) is 8.42 Å². The Balaban J connectivity index is 2.06. The summed E-state index contributed by atoms with van der Waals surface area (Å²) in [6.45, 7) is 4.71. The van der Waals surface area contributed by atoms with Gasteiger partial charge in [0.25, 0.3) is 10.0 Å². The van der Waals surface area contributed by atoms with E-state index in [0.717, 1.165) is 12.1 Å². The minimum Gasteiger partial charge on any atom is -0.447 e. The lowest BCUT2D eigenvalue weighted by Gasteiger charge is -2.24. The average Bonchev–Trinajstić information content (AvgIpc) is 2.96. The van der Waals surface area contributed by atoms with Crippen LogP contribution in [0.4, 0.5) is 0 Å². The Labute approximate surface area is 125 Å². The number of nitrogens with zero attached hydrogens (tertiary/aromatic N) is 1. The van der Waals surface area contributed by atoms with Crippen molar-refractivity contribution < 1.29 is 17.6 Å². The van der Waals surface area contributed by atoms with Gasteiger partial charge in [-0.05, 0) is 30.7 Å². The molecule has 2 heterocycles. The highest BCUT2D eigenvalue weighted by molar-refractivity contribution is 7.89. The smallest absolute Gasteiger partial charge is 0.276 e. The third-order valence-corrected chi connectivity index (χ3v) is 5.12. The summed E-state index contributed by atoms with van der Waals surface area (Å²) in [6, 6.07) is 3.22. The molecule has 0 saturated heterocycles. The van der Waals surface area contributed by atoms with Crippen LogP contribution in [0.5, 0.6) is 0 Å². The average molecular weight is 314 g/mol. The van der Waals surface area contributed by atoms with E-state index in [4.69, 9.17) is 9.15 Å². The molecule has 0 fully saturated rings. The van der Waals surface area contributed by atoms with E-state index in [-0.39, 0.29) is 5.09 Å². The molecular weight excluding hydrogens is 292 g/mol. The van der Waals surface area contributed by atoms with Gasteiger partial charge < -0.3 is 14.5 Å². The predicted molar refractivity (Wildman–Crippen MR) is 79.4 cm³/mol. The third kappa shape index (κ3) is 3.94. The van der Waals surface area contributed by atoms with Gasteiger partial charge in [-0.15, -0.1) is 0 Å². The Bertz CT molecular complexity index is 592. The molecule has 0 atom stereocenters. The van der Waals surface area contributed by atoms with Crippen molar-refractivity contribution in [3.8, 4) is 0 Å². The number of rotatable bonds is 7. The van der Waals surface area contributed by atoms with Gasteiger partial charge in [-0.1, -0.05) is 13.0 Å². The minimum absolute atomic E-state index is 0.0130. The second kappa shape index (κ2) is 7.22. The highest BCUT2D eigenvalue weighted by Gasteiger charge is 2.28. The molecule has 0 spiro atoms. The second-order valence-electron chi connectivity index (χ2n) is 4.91. The van der Waals surface area contributed by atoms with Crippen LogP contribution in [0.3, 0.4) is 0 Å². The van der Waals surface area contributed by atoms with Gasteiger partial charge in [-0.2, -0.15) is 4.31 Å². The van der Waals surface area contributed by atoms with Crippen molar-refractivity contribution in [3.05, 3.63) is 29.5 Å². The van der Waals surface area contributed by atoms with Crippen molar-refractivity contribution in [3.63, 3.8) is 0 Å². The molecule has 0 aliphatic carbocycles. The summed E-state index contributed by atoms with van der Waals surface area (Å²) < 4.78 is 36.9. The SMILES string of the molecule is CCNCc1ccc(S(=O)(=O)N2CC=C(COC)CC2)o1. The van der Waals surface area contributed by atoms with Crippen LogP contribution in [-0.4, -0.2) is 46.1 Å². The third-order valence-electron chi connectivity index (χ3n) is 3.38. The quantitative estimate of drug-likeness (QED) is 0.769. The van der Waals surface area contributed by atoms with Crippen LogP contribution in [0.2, 0.25) is 0 Å². The van der Waals surface area contributed by atoms with Crippen molar-refractivity contribution in [2.75, 3.05) is 33.4 Å². The predicted octanol–water partition coefficient (Wildman–Crippen LogP) is 1.36. The Morgan fingerprint density at radius 3 is 2.86 bits per heavy atom. The summed E-state index contributed by atoms with van der Waals surface area (Å²) in [7, 11) is -1.91. The van der Waals surface area contributed by atoms with Gasteiger partial charge in [0.05, 0.1) is 13.2 Å². The summed E-state index contributed by atoms with van der Waals surface area (Å²) >= 11 is 0. The van der Waals surface area contributed by atoms with Gasteiger partial charge in [0, 0.05) is 20.2 Å². The number of nitrogens with one attached hydrogen (secondary N) is 1. The molecule has 0 amide bonds. The first-order chi connectivity index (χ1) is 10.1. The first-order valence-electron chi connectivity index (χ1n) is 7.04. The van der Waals surface area contributed by atoms with E-state index in [1.54, 1.807) is 13.2 Å². The molecule has 1 aliphatic heterocycles. The molecule has 1 aliphatic rings. The van der Waals surface area contributed by atoms with Gasteiger partial charge in [0.1, 0.15) is 5.76 Å². The number of ether oxygens (including phenoxy) is 1. The number of hydrogen-bond acceptors (Lipinski definition) is 5. The fourth-order valence-electron chi connectivity index (χ4n) is 2.19. The summed E-state index contributed by atoms with van der Waals surface area (Å²) in [5.41, 5.74) is 1.14. The fourth-order valence-corrected chi connectivity index (χ4v) is 3.50. The minimum atomic E-state index is -3.55. The van der Waals surface area contributed by atoms with Crippen molar-refractivity contribution in [2.45, 2.75) is 25.0 Å². The molecule has 0 aromatic carbocycles. The van der Waals surface area contributed by atoms with Crippen molar-refractivity contribution in [1.29, 1.82) is 0 Å². The van der Waals surface area contributed by atoms with E-state index < -0.39 is 10.0 Å². The molecule has 0 saturated carbocycles. The van der Waals surface area contributed by atoms with Crippen LogP contribution >= 0.6 is 0 Å². The molecule has 21 heavy (non-hydrogen) atoms. The molecule has 0 unspecified atom stereocenters. The van der Waals surface area contributed by atoms with Crippen LogP contribution < -0.4 is 5.32 Å². The summed E-state index contributed by atoms with van der Waals surface area (Å²) in [6.07, 6.45) is 2.60. The molecule has 0 bridgehead atoms. The zero-order valence-electron chi connectivity index (χ0n) is 12.5. The zero-order chi connectivity index (χ0) is 15.3. The number of sulfonamides is 1. The second-order valence-corrected chi connectivity index (χ2v) is 6.78. The number of methoxy groups -OCH3 is 1. The highest BCUT2D eigenvalue weighted by atomic mass is 32.2. The van der Waals surface area contributed by atoms with Gasteiger partial charge in [0.2, 0.25) is 5.09 Å². The van der Waals surface area contributed by atoms with Crippen LogP contribution in [0, 0.1) is 0 Å². The summed E-state index contributed by atoms with van der Waals surface area (Å²) in [5, 5.41) is 3.12. The van der Waals surface area contributed by atoms with Crippen molar-refractivity contribution >= 4 is 10.0 Å². The molecule has 1 aromatic heterocycles. The lowest BCUT2D eigenvalue weighted by Crippen LogP contribution is -2.35. The van der Waals surface area contributed by atoms with Crippen LogP contribution in [0.25, 0.3) is 0 Å². The Hall–Kier alpha value is -1.15. The van der Waals surface area contributed by atoms with Crippen molar-refractivity contribution in [2.24, 2.45) is 0 Å².